The fraction of sp³-hybridized carbons (Fsp3) is 1.00. The second-order valence-corrected chi connectivity index (χ2v) is 3.55. The molecule has 2 N–H and O–H groups in total. The van der Waals surface area contributed by atoms with Gasteiger partial charge in [0.15, 0.2) is 0 Å². The molecule has 4 atom stereocenters. The van der Waals surface area contributed by atoms with Crippen molar-refractivity contribution < 1.29 is 10.2 Å². The summed E-state index contributed by atoms with van der Waals surface area (Å²) in [7, 11) is 5.77. The normalized spacial score (nSPS) is 44.6. The van der Waals surface area contributed by atoms with Gasteiger partial charge in [-0.2, -0.15) is 0 Å². The zero-order chi connectivity index (χ0) is 8.43. The first-order valence-corrected chi connectivity index (χ1v) is 4.18. The van der Waals surface area contributed by atoms with Crippen molar-refractivity contribution in [2.75, 3.05) is 13.2 Å². The second kappa shape index (κ2) is 3.59. The van der Waals surface area contributed by atoms with Gasteiger partial charge in [0, 0.05) is 13.2 Å². The number of aliphatic hydroxyl groups is 2. The van der Waals surface area contributed by atoms with Crippen molar-refractivity contribution in [1.82, 2.24) is 0 Å². The zero-order valence-electron chi connectivity index (χ0n) is 6.90. The smallest absolute Gasteiger partial charge is 0.0704 e. The van der Waals surface area contributed by atoms with Crippen LogP contribution in [0.2, 0.25) is 5.82 Å². The molecule has 1 aliphatic carbocycles. The van der Waals surface area contributed by atoms with Gasteiger partial charge in [0.1, 0.15) is 0 Å². The lowest BCUT2D eigenvalue weighted by Gasteiger charge is -2.18. The van der Waals surface area contributed by atoms with Gasteiger partial charge in [-0.1, -0.05) is 19.2 Å². The van der Waals surface area contributed by atoms with Gasteiger partial charge in [0.2, 0.25) is 0 Å². The highest BCUT2D eigenvalue weighted by Crippen LogP contribution is 2.42. The summed E-state index contributed by atoms with van der Waals surface area (Å²) in [5, 5.41) is 17.9. The summed E-state index contributed by atoms with van der Waals surface area (Å²) < 4.78 is 0. The molecule has 1 saturated carbocycles. The van der Waals surface area contributed by atoms with Crippen molar-refractivity contribution in [1.29, 1.82) is 0 Å². The number of hydrogen-bond acceptors (Lipinski definition) is 2. The van der Waals surface area contributed by atoms with Crippen LogP contribution in [0.4, 0.5) is 0 Å². The molecular weight excluding hydrogens is 139 g/mol. The van der Waals surface area contributed by atoms with E-state index in [0.717, 1.165) is 6.42 Å². The van der Waals surface area contributed by atoms with Gasteiger partial charge in [-0.3, -0.25) is 0 Å². The van der Waals surface area contributed by atoms with Crippen molar-refractivity contribution in [2.45, 2.75) is 19.2 Å². The molecule has 1 aliphatic rings. The van der Waals surface area contributed by atoms with E-state index < -0.39 is 0 Å². The lowest BCUT2D eigenvalue weighted by Crippen LogP contribution is -2.18. The van der Waals surface area contributed by atoms with E-state index in [0.29, 0.717) is 11.8 Å². The molecule has 3 heteroatoms. The van der Waals surface area contributed by atoms with Crippen molar-refractivity contribution in [3.63, 3.8) is 0 Å². The Hall–Kier alpha value is -0.0151. The predicted molar refractivity (Wildman–Crippen MR) is 44.4 cm³/mol. The molecular formula is C8H15BO2. The zero-order valence-corrected chi connectivity index (χ0v) is 6.90. The van der Waals surface area contributed by atoms with Crippen molar-refractivity contribution in [3.05, 3.63) is 0 Å². The van der Waals surface area contributed by atoms with E-state index in [1.165, 1.54) is 0 Å². The molecule has 0 aromatic rings. The van der Waals surface area contributed by atoms with Gasteiger partial charge in [0.25, 0.3) is 0 Å². The van der Waals surface area contributed by atoms with Crippen molar-refractivity contribution in [3.8, 4) is 0 Å². The van der Waals surface area contributed by atoms with Crippen LogP contribution < -0.4 is 0 Å². The number of aliphatic hydroxyl groups excluding tert-OH is 2. The van der Waals surface area contributed by atoms with Crippen LogP contribution in [0.15, 0.2) is 0 Å². The van der Waals surface area contributed by atoms with Gasteiger partial charge in [-0.25, -0.2) is 0 Å². The van der Waals surface area contributed by atoms with Crippen LogP contribution in [0.5, 0.6) is 0 Å². The molecule has 0 aliphatic heterocycles. The Balaban J connectivity index is 2.55. The molecule has 0 aromatic carbocycles. The fourth-order valence-corrected chi connectivity index (χ4v) is 2.02. The first-order valence-electron chi connectivity index (χ1n) is 4.18. The van der Waals surface area contributed by atoms with Crippen LogP contribution in [-0.4, -0.2) is 31.3 Å². The van der Waals surface area contributed by atoms with Gasteiger partial charge >= 0.3 is 0 Å². The summed E-state index contributed by atoms with van der Waals surface area (Å²) in [6.07, 6.45) is 0.850. The summed E-state index contributed by atoms with van der Waals surface area (Å²) in [5.74, 6) is 0.918. The molecule has 1 fully saturated rings. The highest BCUT2D eigenvalue weighted by atomic mass is 16.3. The van der Waals surface area contributed by atoms with E-state index in [1.807, 2.05) is 0 Å². The maximum atomic E-state index is 8.96. The van der Waals surface area contributed by atoms with Crippen LogP contribution in [-0.2, 0) is 0 Å². The fourth-order valence-electron chi connectivity index (χ4n) is 2.02. The van der Waals surface area contributed by atoms with Crippen LogP contribution in [0.25, 0.3) is 0 Å². The Kier molecular flexibility index (Phi) is 2.96. The summed E-state index contributed by atoms with van der Waals surface area (Å²) in [6, 6.07) is 0. The van der Waals surface area contributed by atoms with E-state index in [1.54, 1.807) is 0 Å². The number of hydrogen-bond donors (Lipinski definition) is 2. The molecule has 2 radical (unpaired) electrons. The SMILES string of the molecule is [B]C1CC(CO)C(C)[C@H]1CO. The first kappa shape index (κ1) is 9.08. The molecule has 1 rings (SSSR count). The molecule has 0 bridgehead atoms. The maximum Gasteiger partial charge on any atom is 0.0704 e. The standard InChI is InChI=1S/C8H15BO2/c1-5-6(3-10)2-8(9)7(5)4-11/h5-8,10-11H,2-4H2,1H3/t5?,6?,7-,8?/m1/s1. The molecule has 11 heavy (non-hydrogen) atoms. The highest BCUT2D eigenvalue weighted by Gasteiger charge is 2.36. The summed E-state index contributed by atoms with van der Waals surface area (Å²) >= 11 is 0. The maximum absolute atomic E-state index is 8.96. The van der Waals surface area contributed by atoms with Crippen LogP contribution >= 0.6 is 0 Å². The van der Waals surface area contributed by atoms with E-state index >= 15 is 0 Å². The minimum atomic E-state index is 0.0761. The van der Waals surface area contributed by atoms with Gasteiger partial charge in [-0.05, 0) is 17.8 Å². The minimum absolute atomic E-state index is 0.0761. The summed E-state index contributed by atoms with van der Waals surface area (Å²) in [6.45, 7) is 2.40. The third kappa shape index (κ3) is 1.59. The predicted octanol–water partition coefficient (Wildman–Crippen LogP) is 0.200. The average Bonchev–Trinajstić information content (AvgIpc) is 2.26. The third-order valence-corrected chi connectivity index (χ3v) is 2.99. The lowest BCUT2D eigenvalue weighted by molar-refractivity contribution is 0.154. The van der Waals surface area contributed by atoms with Crippen LogP contribution in [0.3, 0.4) is 0 Å². The molecule has 0 aromatic heterocycles. The molecule has 3 unspecified atom stereocenters. The quantitative estimate of drug-likeness (QED) is 0.557. The molecule has 0 spiro atoms. The molecule has 0 heterocycles. The van der Waals surface area contributed by atoms with Crippen LogP contribution in [0, 0.1) is 17.8 Å². The summed E-state index contributed by atoms with van der Waals surface area (Å²) in [5.41, 5.74) is 0. The Morgan fingerprint density at radius 3 is 2.27 bits per heavy atom. The largest absolute Gasteiger partial charge is 0.396 e. The van der Waals surface area contributed by atoms with Gasteiger partial charge < -0.3 is 10.2 Å². The molecule has 0 saturated heterocycles. The Bertz CT molecular complexity index is 129. The van der Waals surface area contributed by atoms with Crippen molar-refractivity contribution in [2.24, 2.45) is 17.8 Å². The third-order valence-electron chi connectivity index (χ3n) is 2.99. The van der Waals surface area contributed by atoms with E-state index in [9.17, 15) is 0 Å². The topological polar surface area (TPSA) is 40.5 Å². The van der Waals surface area contributed by atoms with Crippen LogP contribution in [0.1, 0.15) is 13.3 Å². The van der Waals surface area contributed by atoms with Crippen molar-refractivity contribution >= 4 is 7.85 Å². The lowest BCUT2D eigenvalue weighted by atomic mass is 9.77. The monoisotopic (exact) mass is 154 g/mol. The molecule has 0 amide bonds. The molecule has 2 nitrogen and oxygen atoms in total. The Labute approximate surface area is 69.0 Å². The Morgan fingerprint density at radius 2 is 2.00 bits per heavy atom. The van der Waals surface area contributed by atoms with Gasteiger partial charge in [-0.15, -0.1) is 0 Å². The average molecular weight is 154 g/mol. The highest BCUT2D eigenvalue weighted by molar-refractivity contribution is 6.12. The number of rotatable bonds is 2. The molecule has 62 valence electrons. The van der Waals surface area contributed by atoms with Gasteiger partial charge in [0.05, 0.1) is 7.85 Å². The summed E-state index contributed by atoms with van der Waals surface area (Å²) in [4.78, 5) is 0. The van der Waals surface area contributed by atoms with E-state index in [2.05, 4.69) is 6.92 Å². The Morgan fingerprint density at radius 1 is 1.36 bits per heavy atom. The van der Waals surface area contributed by atoms with E-state index in [-0.39, 0.29) is 24.9 Å². The second-order valence-electron chi connectivity index (χ2n) is 3.55. The minimum Gasteiger partial charge on any atom is -0.396 e. The van der Waals surface area contributed by atoms with E-state index in [4.69, 9.17) is 18.1 Å². The first-order chi connectivity index (χ1) is 5.20.